The molecule has 0 aliphatic carbocycles. The number of likely N-dealkylation sites (tertiary alicyclic amines) is 1. The molecule has 1 aliphatic rings. The molecule has 1 saturated heterocycles. The number of thioether (sulfide) groups is 1. The number of thiazole rings is 1. The van der Waals surface area contributed by atoms with E-state index in [1.807, 2.05) is 28.6 Å². The Bertz CT molecular complexity index is 574. The van der Waals surface area contributed by atoms with Crippen molar-refractivity contribution in [2.45, 2.75) is 30.2 Å². The molecule has 1 fully saturated rings. The molecule has 3 rings (SSSR count). The Morgan fingerprint density at radius 3 is 2.95 bits per heavy atom. The first-order valence-electron chi connectivity index (χ1n) is 7.06. The Hall–Kier alpha value is -1.40. The molecule has 2 aromatic heterocycles. The highest BCUT2D eigenvalue weighted by Crippen LogP contribution is 2.32. The largest absolute Gasteiger partial charge is 0.332 e. The molecule has 1 atom stereocenters. The molecule has 1 unspecified atom stereocenters. The number of hydrogen-bond donors (Lipinski definition) is 0. The number of carbonyl (C=O) groups is 1. The predicted octanol–water partition coefficient (Wildman–Crippen LogP) is 3.38. The summed E-state index contributed by atoms with van der Waals surface area (Å²) >= 11 is 3.22. The van der Waals surface area contributed by atoms with Crippen molar-refractivity contribution in [1.82, 2.24) is 14.9 Å². The molecule has 6 heteroatoms. The number of rotatable bonds is 4. The van der Waals surface area contributed by atoms with E-state index in [-0.39, 0.29) is 11.9 Å². The number of piperidine rings is 1. The molecule has 4 nitrogen and oxygen atoms in total. The average Bonchev–Trinajstić information content (AvgIpc) is 3.08. The van der Waals surface area contributed by atoms with Crippen molar-refractivity contribution in [3.05, 3.63) is 41.1 Å². The minimum atomic E-state index is 0.171. The molecule has 1 aliphatic heterocycles. The maximum absolute atomic E-state index is 12.5. The van der Waals surface area contributed by atoms with Crippen LogP contribution in [0.15, 0.2) is 41.0 Å². The molecule has 0 bridgehead atoms. The fraction of sp³-hybridized carbons (Fsp3) is 0.400. The number of nitrogens with zero attached hydrogens (tertiary/aromatic N) is 3. The third-order valence-electron chi connectivity index (χ3n) is 3.57. The van der Waals surface area contributed by atoms with Gasteiger partial charge in [-0.3, -0.25) is 9.78 Å². The molecule has 0 radical (unpaired) electrons. The van der Waals surface area contributed by atoms with Crippen LogP contribution in [-0.4, -0.2) is 33.1 Å². The quantitative estimate of drug-likeness (QED) is 0.811. The van der Waals surface area contributed by atoms with E-state index in [0.29, 0.717) is 5.75 Å². The van der Waals surface area contributed by atoms with Gasteiger partial charge in [-0.05, 0) is 31.4 Å². The van der Waals surface area contributed by atoms with Crippen LogP contribution in [0.5, 0.6) is 0 Å². The van der Waals surface area contributed by atoms with Gasteiger partial charge < -0.3 is 4.90 Å². The summed E-state index contributed by atoms with van der Waals surface area (Å²) in [6.45, 7) is 0.847. The standard InChI is InChI=1S/C15H17N3OS2/c19-14(11-21-12-4-6-16-7-5-12)18-9-2-1-3-13(18)15-17-8-10-20-15/h4-8,10,13H,1-3,9,11H2. The van der Waals surface area contributed by atoms with Gasteiger partial charge in [0, 0.05) is 35.4 Å². The van der Waals surface area contributed by atoms with E-state index in [4.69, 9.17) is 0 Å². The van der Waals surface area contributed by atoms with Gasteiger partial charge in [0.25, 0.3) is 0 Å². The minimum Gasteiger partial charge on any atom is -0.332 e. The molecule has 21 heavy (non-hydrogen) atoms. The van der Waals surface area contributed by atoms with E-state index < -0.39 is 0 Å². The maximum Gasteiger partial charge on any atom is 0.233 e. The van der Waals surface area contributed by atoms with Gasteiger partial charge in [-0.25, -0.2) is 4.98 Å². The van der Waals surface area contributed by atoms with Crippen LogP contribution in [0.3, 0.4) is 0 Å². The summed E-state index contributed by atoms with van der Waals surface area (Å²) in [5, 5.41) is 3.05. The van der Waals surface area contributed by atoms with Crippen LogP contribution in [0.25, 0.3) is 0 Å². The number of carbonyl (C=O) groups excluding carboxylic acids is 1. The first-order valence-corrected chi connectivity index (χ1v) is 8.93. The lowest BCUT2D eigenvalue weighted by Crippen LogP contribution is -2.39. The Balaban J connectivity index is 1.64. The fourth-order valence-electron chi connectivity index (χ4n) is 2.55. The third-order valence-corrected chi connectivity index (χ3v) is 5.45. The average molecular weight is 319 g/mol. The second-order valence-electron chi connectivity index (χ2n) is 4.94. The van der Waals surface area contributed by atoms with Crippen molar-refractivity contribution < 1.29 is 4.79 Å². The van der Waals surface area contributed by atoms with Crippen LogP contribution >= 0.6 is 23.1 Å². The lowest BCUT2D eigenvalue weighted by molar-refractivity contribution is -0.132. The summed E-state index contributed by atoms with van der Waals surface area (Å²) in [5.74, 6) is 0.683. The highest BCUT2D eigenvalue weighted by atomic mass is 32.2. The van der Waals surface area contributed by atoms with Gasteiger partial charge in [0.1, 0.15) is 5.01 Å². The van der Waals surface area contributed by atoms with Crippen molar-refractivity contribution in [2.24, 2.45) is 0 Å². The molecule has 0 N–H and O–H groups in total. The monoisotopic (exact) mass is 319 g/mol. The van der Waals surface area contributed by atoms with Crippen molar-refractivity contribution in [3.8, 4) is 0 Å². The lowest BCUT2D eigenvalue weighted by atomic mass is 10.0. The van der Waals surface area contributed by atoms with Crippen molar-refractivity contribution in [3.63, 3.8) is 0 Å². The second kappa shape index (κ2) is 7.04. The summed E-state index contributed by atoms with van der Waals surface area (Å²) < 4.78 is 0. The van der Waals surface area contributed by atoms with Gasteiger partial charge >= 0.3 is 0 Å². The zero-order chi connectivity index (χ0) is 14.5. The van der Waals surface area contributed by atoms with Gasteiger partial charge in [-0.15, -0.1) is 23.1 Å². The van der Waals surface area contributed by atoms with E-state index in [1.54, 1.807) is 35.5 Å². The number of hydrogen-bond acceptors (Lipinski definition) is 5. The van der Waals surface area contributed by atoms with E-state index in [9.17, 15) is 4.79 Å². The van der Waals surface area contributed by atoms with E-state index in [2.05, 4.69) is 9.97 Å². The maximum atomic E-state index is 12.5. The lowest BCUT2D eigenvalue weighted by Gasteiger charge is -2.34. The van der Waals surface area contributed by atoms with Crippen LogP contribution < -0.4 is 0 Å². The Morgan fingerprint density at radius 2 is 2.19 bits per heavy atom. The summed E-state index contributed by atoms with van der Waals surface area (Å²) in [4.78, 5) is 24.0. The molecule has 2 aromatic rings. The second-order valence-corrected chi connectivity index (χ2v) is 6.92. The number of amides is 1. The van der Waals surface area contributed by atoms with Gasteiger partial charge in [-0.1, -0.05) is 0 Å². The van der Waals surface area contributed by atoms with Crippen LogP contribution in [0.1, 0.15) is 30.3 Å². The Morgan fingerprint density at radius 1 is 1.33 bits per heavy atom. The number of aromatic nitrogens is 2. The Labute approximate surface area is 132 Å². The van der Waals surface area contributed by atoms with Crippen LogP contribution in [0, 0.1) is 0 Å². The number of pyridine rings is 1. The van der Waals surface area contributed by atoms with Crippen molar-refractivity contribution in [1.29, 1.82) is 0 Å². The van der Waals surface area contributed by atoms with Crippen LogP contribution in [-0.2, 0) is 4.79 Å². The molecule has 1 amide bonds. The topological polar surface area (TPSA) is 46.1 Å². The molecule has 3 heterocycles. The van der Waals surface area contributed by atoms with Crippen LogP contribution in [0.4, 0.5) is 0 Å². The predicted molar refractivity (Wildman–Crippen MR) is 85.4 cm³/mol. The van der Waals surface area contributed by atoms with E-state index >= 15 is 0 Å². The zero-order valence-corrected chi connectivity index (χ0v) is 13.3. The van der Waals surface area contributed by atoms with E-state index in [1.165, 1.54) is 6.42 Å². The molecular weight excluding hydrogens is 302 g/mol. The highest BCUT2D eigenvalue weighted by molar-refractivity contribution is 8.00. The SMILES string of the molecule is O=C(CSc1ccncc1)N1CCCCC1c1nccs1. The van der Waals surface area contributed by atoms with Crippen molar-refractivity contribution in [2.75, 3.05) is 12.3 Å². The van der Waals surface area contributed by atoms with Crippen molar-refractivity contribution >= 4 is 29.0 Å². The summed E-state index contributed by atoms with van der Waals surface area (Å²) in [5.41, 5.74) is 0. The highest BCUT2D eigenvalue weighted by Gasteiger charge is 2.29. The Kier molecular flexibility index (Phi) is 4.87. The summed E-state index contributed by atoms with van der Waals surface area (Å²) in [7, 11) is 0. The van der Waals surface area contributed by atoms with Gasteiger partial charge in [-0.2, -0.15) is 0 Å². The molecule has 0 spiro atoms. The summed E-state index contributed by atoms with van der Waals surface area (Å²) in [6, 6.07) is 4.04. The fourth-order valence-corrected chi connectivity index (χ4v) is 4.10. The first kappa shape index (κ1) is 14.5. The summed E-state index contributed by atoms with van der Waals surface area (Å²) in [6.07, 6.45) is 8.62. The third kappa shape index (κ3) is 3.63. The zero-order valence-electron chi connectivity index (χ0n) is 11.6. The van der Waals surface area contributed by atoms with Gasteiger partial charge in [0.05, 0.1) is 11.8 Å². The van der Waals surface area contributed by atoms with Crippen LogP contribution in [0.2, 0.25) is 0 Å². The normalized spacial score (nSPS) is 18.7. The molecule has 0 aromatic carbocycles. The van der Waals surface area contributed by atoms with E-state index in [0.717, 1.165) is 29.3 Å². The minimum absolute atomic E-state index is 0.171. The molecular formula is C15H17N3OS2. The smallest absolute Gasteiger partial charge is 0.233 e. The van der Waals surface area contributed by atoms with Gasteiger partial charge in [0.2, 0.25) is 5.91 Å². The van der Waals surface area contributed by atoms with Gasteiger partial charge in [0.15, 0.2) is 0 Å². The molecule has 110 valence electrons. The first-order chi connectivity index (χ1) is 10.3. The molecule has 0 saturated carbocycles.